The second-order valence-electron chi connectivity index (χ2n) is 11.9. The lowest BCUT2D eigenvalue weighted by Crippen LogP contribution is -2.64. The van der Waals surface area contributed by atoms with Crippen molar-refractivity contribution in [2.24, 2.45) is 35.0 Å². The Labute approximate surface area is 218 Å². The minimum absolute atomic E-state index is 0.231. The smallest absolute Gasteiger partial charge is 0.303 e. The molecular formula is C30H37NO6. The van der Waals surface area contributed by atoms with E-state index in [1.165, 1.54) is 19.9 Å². The fourth-order valence-electron chi connectivity index (χ4n) is 8.04. The Kier molecular flexibility index (Phi) is 6.23. The SMILES string of the molecule is C=C1C(C)C2C(Cc3ccccc3)NC(=O)C23C(OC(C)=O)C2=CC(C)(O)C(=O)C(C)CC2CC3C1O. The van der Waals surface area contributed by atoms with Gasteiger partial charge in [0.15, 0.2) is 5.78 Å². The lowest BCUT2D eigenvalue weighted by Gasteiger charge is -2.58. The zero-order valence-corrected chi connectivity index (χ0v) is 21.9. The molecule has 2 saturated carbocycles. The first kappa shape index (κ1) is 25.9. The van der Waals surface area contributed by atoms with E-state index >= 15 is 0 Å². The highest BCUT2D eigenvalue weighted by molar-refractivity contribution is 5.92. The maximum absolute atomic E-state index is 14.2. The monoisotopic (exact) mass is 507 g/mol. The molecule has 3 aliphatic carbocycles. The third-order valence-electron chi connectivity index (χ3n) is 9.55. The van der Waals surface area contributed by atoms with Crippen molar-refractivity contribution in [1.82, 2.24) is 5.32 Å². The summed E-state index contributed by atoms with van der Waals surface area (Å²) in [6, 6.07) is 9.63. The molecule has 4 aliphatic rings. The van der Waals surface area contributed by atoms with E-state index in [-0.39, 0.29) is 35.5 Å². The van der Waals surface area contributed by atoms with Gasteiger partial charge >= 0.3 is 5.97 Å². The van der Waals surface area contributed by atoms with E-state index in [1.54, 1.807) is 6.92 Å². The highest BCUT2D eigenvalue weighted by Gasteiger charge is 2.72. The number of hydrogen-bond acceptors (Lipinski definition) is 6. The van der Waals surface area contributed by atoms with Crippen molar-refractivity contribution in [3.05, 3.63) is 59.7 Å². The molecule has 37 heavy (non-hydrogen) atoms. The molecule has 1 aromatic rings. The second-order valence-corrected chi connectivity index (χ2v) is 11.9. The number of rotatable bonds is 3. The molecule has 0 bridgehead atoms. The first-order valence-electron chi connectivity index (χ1n) is 13.3. The van der Waals surface area contributed by atoms with Gasteiger partial charge in [0.05, 0.1) is 6.10 Å². The van der Waals surface area contributed by atoms with E-state index in [1.807, 2.05) is 37.3 Å². The highest BCUT2D eigenvalue weighted by Crippen LogP contribution is 2.64. The Morgan fingerprint density at radius 1 is 1.19 bits per heavy atom. The number of nitrogens with one attached hydrogen (secondary N) is 1. The van der Waals surface area contributed by atoms with E-state index in [0.717, 1.165) is 5.56 Å². The van der Waals surface area contributed by atoms with Crippen LogP contribution in [0, 0.1) is 35.0 Å². The quantitative estimate of drug-likeness (QED) is 0.428. The number of hydrogen-bond donors (Lipinski definition) is 3. The highest BCUT2D eigenvalue weighted by atomic mass is 16.5. The van der Waals surface area contributed by atoms with E-state index in [2.05, 4.69) is 11.9 Å². The van der Waals surface area contributed by atoms with E-state index in [9.17, 15) is 24.6 Å². The minimum Gasteiger partial charge on any atom is -0.457 e. The molecule has 1 aliphatic heterocycles. The van der Waals surface area contributed by atoms with Gasteiger partial charge in [0.25, 0.3) is 0 Å². The molecule has 3 N–H and O–H groups in total. The summed E-state index contributed by atoms with van der Waals surface area (Å²) >= 11 is 0. The average molecular weight is 508 g/mol. The number of benzene rings is 1. The summed E-state index contributed by atoms with van der Waals surface area (Å²) < 4.78 is 6.02. The van der Waals surface area contributed by atoms with Crippen LogP contribution in [0.1, 0.15) is 46.1 Å². The number of esters is 1. The van der Waals surface area contributed by atoms with Crippen LogP contribution in [0.15, 0.2) is 54.1 Å². The summed E-state index contributed by atoms with van der Waals surface area (Å²) in [5.41, 5.74) is -0.637. The number of ketones is 1. The van der Waals surface area contributed by atoms with Crippen molar-refractivity contribution in [3.63, 3.8) is 0 Å². The van der Waals surface area contributed by atoms with Gasteiger partial charge in [-0.1, -0.05) is 50.8 Å². The summed E-state index contributed by atoms with van der Waals surface area (Å²) in [7, 11) is 0. The molecule has 198 valence electrons. The Morgan fingerprint density at radius 3 is 2.51 bits per heavy atom. The van der Waals surface area contributed by atoms with Crippen molar-refractivity contribution >= 4 is 17.7 Å². The van der Waals surface area contributed by atoms with Crippen molar-refractivity contribution in [2.75, 3.05) is 0 Å². The van der Waals surface area contributed by atoms with Crippen LogP contribution in [0.3, 0.4) is 0 Å². The first-order chi connectivity index (χ1) is 17.4. The molecule has 1 saturated heterocycles. The van der Waals surface area contributed by atoms with Crippen LogP contribution in [-0.2, 0) is 25.5 Å². The first-order valence-corrected chi connectivity index (χ1v) is 13.3. The number of carbonyl (C=O) groups excluding carboxylic acids is 3. The molecule has 7 heteroatoms. The van der Waals surface area contributed by atoms with Crippen LogP contribution in [0.25, 0.3) is 0 Å². The fourth-order valence-corrected chi connectivity index (χ4v) is 8.04. The molecule has 3 fully saturated rings. The van der Waals surface area contributed by atoms with Crippen molar-refractivity contribution in [2.45, 2.75) is 70.8 Å². The van der Waals surface area contributed by atoms with Crippen LogP contribution in [0.2, 0.25) is 0 Å². The number of aliphatic hydroxyl groups is 2. The molecule has 10 unspecified atom stereocenters. The van der Waals surface area contributed by atoms with Gasteiger partial charge in [0, 0.05) is 30.7 Å². The molecule has 0 aromatic heterocycles. The molecule has 1 aromatic carbocycles. The third-order valence-corrected chi connectivity index (χ3v) is 9.55. The van der Waals surface area contributed by atoms with Gasteiger partial charge in [-0.05, 0) is 60.8 Å². The van der Waals surface area contributed by atoms with Gasteiger partial charge < -0.3 is 20.3 Å². The zero-order chi connectivity index (χ0) is 26.9. The second kappa shape index (κ2) is 8.91. The van der Waals surface area contributed by atoms with E-state index in [4.69, 9.17) is 4.74 Å². The molecule has 7 nitrogen and oxygen atoms in total. The summed E-state index contributed by atoms with van der Waals surface area (Å²) in [6.45, 7) is 10.8. The lowest BCUT2D eigenvalue weighted by atomic mass is 9.46. The fraction of sp³-hybridized carbons (Fsp3) is 0.567. The topological polar surface area (TPSA) is 113 Å². The van der Waals surface area contributed by atoms with Crippen molar-refractivity contribution < 1.29 is 29.3 Å². The van der Waals surface area contributed by atoms with Gasteiger partial charge in [0.1, 0.15) is 17.1 Å². The molecule has 1 spiro atoms. The zero-order valence-electron chi connectivity index (χ0n) is 21.9. The largest absolute Gasteiger partial charge is 0.457 e. The maximum Gasteiger partial charge on any atom is 0.303 e. The van der Waals surface area contributed by atoms with E-state index < -0.39 is 41.0 Å². The molecule has 0 radical (unpaired) electrons. The van der Waals surface area contributed by atoms with Gasteiger partial charge in [0.2, 0.25) is 5.91 Å². The van der Waals surface area contributed by atoms with Crippen LogP contribution in [-0.4, -0.2) is 51.7 Å². The van der Waals surface area contributed by atoms with Crippen molar-refractivity contribution in [1.29, 1.82) is 0 Å². The van der Waals surface area contributed by atoms with Gasteiger partial charge in [-0.2, -0.15) is 0 Å². The van der Waals surface area contributed by atoms with Crippen molar-refractivity contribution in [3.8, 4) is 0 Å². The Bertz CT molecular complexity index is 1170. The predicted molar refractivity (Wildman–Crippen MR) is 137 cm³/mol. The summed E-state index contributed by atoms with van der Waals surface area (Å²) in [4.78, 5) is 39.8. The van der Waals surface area contributed by atoms with Gasteiger partial charge in [-0.25, -0.2) is 0 Å². The van der Waals surface area contributed by atoms with Crippen LogP contribution < -0.4 is 5.32 Å². The molecule has 10 atom stereocenters. The average Bonchev–Trinajstić information content (AvgIpc) is 3.08. The number of carbonyl (C=O) groups is 3. The van der Waals surface area contributed by atoms with Crippen LogP contribution >= 0.6 is 0 Å². The molecular weight excluding hydrogens is 470 g/mol. The Hall–Kier alpha value is -2.77. The number of fused-ring (bicyclic) bond motifs is 1. The standard InChI is InChI=1S/C30H37NO6/c1-15-11-20-13-22-25(33)17(3)16(2)24-23(12-19-9-7-6-8-10-19)31-28(35)30(22,24)27(37-18(4)32)21(20)14-29(5,36)26(15)34/h6-10,14-16,20,22-25,27,33,36H,3,11-13H2,1-2,4-5H3,(H,31,35). The number of amides is 1. The van der Waals surface area contributed by atoms with E-state index in [0.29, 0.717) is 30.4 Å². The molecule has 5 rings (SSSR count). The maximum atomic E-state index is 14.2. The summed E-state index contributed by atoms with van der Waals surface area (Å²) in [6.07, 6.45) is 1.03. The van der Waals surface area contributed by atoms with Gasteiger partial charge in [-0.3, -0.25) is 14.4 Å². The Morgan fingerprint density at radius 2 is 1.86 bits per heavy atom. The summed E-state index contributed by atoms with van der Waals surface area (Å²) in [5, 5.41) is 25.9. The number of Topliss-reactive ketones (excluding diaryl/α,β-unsaturated/α-hetero) is 1. The lowest BCUT2D eigenvalue weighted by molar-refractivity contribution is -0.179. The molecule has 1 amide bonds. The predicted octanol–water partition coefficient (Wildman–Crippen LogP) is 2.75. The Balaban J connectivity index is 1.71. The van der Waals surface area contributed by atoms with Crippen LogP contribution in [0.4, 0.5) is 0 Å². The number of aliphatic hydroxyl groups excluding tert-OH is 1. The van der Waals surface area contributed by atoms with Gasteiger partial charge in [-0.15, -0.1) is 0 Å². The van der Waals surface area contributed by atoms with Crippen LogP contribution in [0.5, 0.6) is 0 Å². The third kappa shape index (κ3) is 3.81. The number of ether oxygens (including phenoxy) is 1. The normalized spacial score (nSPS) is 43.1. The minimum atomic E-state index is -1.75. The molecule has 1 heterocycles. The summed E-state index contributed by atoms with van der Waals surface area (Å²) in [5.74, 6) is -2.85.